The molecule has 0 spiro atoms. The number of rotatable bonds is 5. The van der Waals surface area contributed by atoms with Crippen LogP contribution in [0.1, 0.15) is 28.9 Å². The zero-order chi connectivity index (χ0) is 17.6. The average molecular weight is 398 g/mol. The Hall–Kier alpha value is -1.86. The number of ether oxygens (including phenoxy) is 2. The monoisotopic (exact) mass is 397 g/mol. The Morgan fingerprint density at radius 3 is 2.88 bits per heavy atom. The van der Waals surface area contributed by atoms with E-state index in [2.05, 4.69) is 15.6 Å². The molecule has 140 valence electrons. The third-order valence-corrected chi connectivity index (χ3v) is 4.15. The van der Waals surface area contributed by atoms with Crippen LogP contribution >= 0.6 is 24.0 Å². The van der Waals surface area contributed by atoms with Gasteiger partial charge in [0.1, 0.15) is 0 Å². The Balaban J connectivity index is 0.00000243. The van der Waals surface area contributed by atoms with E-state index in [1.807, 2.05) is 19.1 Å². The molecule has 2 aromatic rings. The molecule has 0 unspecified atom stereocenters. The molecule has 0 radical (unpaired) electrons. The van der Waals surface area contributed by atoms with Gasteiger partial charge in [-0.25, -0.2) is 4.98 Å². The molecule has 0 saturated carbocycles. The number of halogens is 2. The number of nitrogens with one attached hydrogen (secondary N) is 2. The normalized spacial score (nSPS) is 16.5. The van der Waals surface area contributed by atoms with Gasteiger partial charge in [-0.2, -0.15) is 0 Å². The highest BCUT2D eigenvalue weighted by Gasteiger charge is 2.19. The third-order valence-electron chi connectivity index (χ3n) is 3.82. The summed E-state index contributed by atoms with van der Waals surface area (Å²) >= 11 is 6.36. The predicted molar refractivity (Wildman–Crippen MR) is 104 cm³/mol. The summed E-state index contributed by atoms with van der Waals surface area (Å²) in [5.74, 6) is 0.238. The van der Waals surface area contributed by atoms with Crippen LogP contribution in [0.2, 0.25) is 5.02 Å². The molecule has 0 aliphatic carbocycles. The largest absolute Gasteiger partial charge is 0.478 e. The fourth-order valence-corrected chi connectivity index (χ4v) is 2.88. The van der Waals surface area contributed by atoms with Crippen molar-refractivity contribution >= 4 is 35.6 Å². The number of anilines is 1. The first kappa shape index (κ1) is 20.5. The number of benzene rings is 1. The summed E-state index contributed by atoms with van der Waals surface area (Å²) in [6.07, 6.45) is 1.42. The maximum atomic E-state index is 12.3. The summed E-state index contributed by atoms with van der Waals surface area (Å²) in [5, 5.41) is 6.66. The lowest BCUT2D eigenvalue weighted by molar-refractivity contribution is 0.0278. The molecule has 1 aliphatic heterocycles. The average Bonchev–Trinajstić information content (AvgIpc) is 2.63. The van der Waals surface area contributed by atoms with E-state index in [-0.39, 0.29) is 24.4 Å². The molecule has 2 heterocycles. The second kappa shape index (κ2) is 9.73. The van der Waals surface area contributed by atoms with E-state index in [4.69, 9.17) is 21.1 Å². The fraction of sp³-hybridized carbons (Fsp3) is 0.333. The number of morpholine rings is 1. The molecule has 2 N–H and O–H groups in total. The minimum atomic E-state index is -0.255. The minimum absolute atomic E-state index is 0. The van der Waals surface area contributed by atoms with Crippen molar-refractivity contribution in [1.29, 1.82) is 0 Å². The summed E-state index contributed by atoms with van der Waals surface area (Å²) in [7, 11) is 0. The Labute approximate surface area is 163 Å². The first-order chi connectivity index (χ1) is 12.2. The maximum absolute atomic E-state index is 12.3. The van der Waals surface area contributed by atoms with Gasteiger partial charge in [-0.05, 0) is 25.1 Å². The summed E-state index contributed by atoms with van der Waals surface area (Å²) in [6, 6.07) is 8.77. The molecule has 1 fully saturated rings. The molecule has 1 saturated heterocycles. The molecule has 1 amide bonds. The molecule has 1 aromatic carbocycles. The molecule has 0 bridgehead atoms. The number of carbonyl (C=O) groups excluding carboxylic acids is 1. The number of nitrogens with zero attached hydrogens (tertiary/aromatic N) is 1. The Morgan fingerprint density at radius 2 is 2.27 bits per heavy atom. The zero-order valence-corrected chi connectivity index (χ0v) is 15.9. The smallest absolute Gasteiger partial charge is 0.257 e. The highest BCUT2D eigenvalue weighted by molar-refractivity contribution is 6.31. The maximum Gasteiger partial charge on any atom is 0.257 e. The lowest BCUT2D eigenvalue weighted by atomic mass is 10.1. The summed E-state index contributed by atoms with van der Waals surface area (Å²) < 4.78 is 11.0. The van der Waals surface area contributed by atoms with Crippen molar-refractivity contribution in [3.8, 4) is 5.88 Å². The zero-order valence-electron chi connectivity index (χ0n) is 14.3. The van der Waals surface area contributed by atoms with Crippen LogP contribution in [0.4, 0.5) is 5.69 Å². The van der Waals surface area contributed by atoms with Gasteiger partial charge >= 0.3 is 0 Å². The third kappa shape index (κ3) is 5.08. The quantitative estimate of drug-likeness (QED) is 0.807. The van der Waals surface area contributed by atoms with Crippen LogP contribution < -0.4 is 15.4 Å². The number of carbonyl (C=O) groups is 1. The van der Waals surface area contributed by atoms with Gasteiger partial charge in [0.05, 0.1) is 24.9 Å². The van der Waals surface area contributed by atoms with Crippen LogP contribution in [0.25, 0.3) is 0 Å². The molecular weight excluding hydrogens is 377 g/mol. The van der Waals surface area contributed by atoms with Crippen LogP contribution in [-0.2, 0) is 4.74 Å². The van der Waals surface area contributed by atoms with E-state index in [0.717, 1.165) is 18.7 Å². The second-order valence-corrected chi connectivity index (χ2v) is 5.98. The number of hydrogen-bond acceptors (Lipinski definition) is 5. The van der Waals surface area contributed by atoms with Crippen LogP contribution in [0.5, 0.6) is 5.88 Å². The highest BCUT2D eigenvalue weighted by Crippen LogP contribution is 2.29. The van der Waals surface area contributed by atoms with Gasteiger partial charge in [0.25, 0.3) is 5.91 Å². The Bertz CT molecular complexity index is 735. The van der Waals surface area contributed by atoms with Crippen molar-refractivity contribution in [3.63, 3.8) is 0 Å². The molecule has 1 aromatic heterocycles. The Morgan fingerprint density at radius 1 is 1.42 bits per heavy atom. The summed E-state index contributed by atoms with van der Waals surface area (Å²) in [4.78, 5) is 16.4. The molecule has 1 atom stereocenters. The molecule has 8 heteroatoms. The SMILES string of the molecule is CCOc1ccc(C(=O)Nc2ccc([C@@H]3CNCCO3)c(Cl)c2)cn1.Cl. The van der Waals surface area contributed by atoms with E-state index in [1.54, 1.807) is 18.2 Å². The van der Waals surface area contributed by atoms with E-state index >= 15 is 0 Å². The highest BCUT2D eigenvalue weighted by atomic mass is 35.5. The topological polar surface area (TPSA) is 72.5 Å². The second-order valence-electron chi connectivity index (χ2n) is 5.57. The lowest BCUT2D eigenvalue weighted by Gasteiger charge is -2.25. The van der Waals surface area contributed by atoms with E-state index in [9.17, 15) is 4.79 Å². The molecular formula is C18H21Cl2N3O3. The molecule has 6 nitrogen and oxygen atoms in total. The van der Waals surface area contributed by atoms with Crippen LogP contribution in [0.15, 0.2) is 36.5 Å². The number of aromatic nitrogens is 1. The summed E-state index contributed by atoms with van der Waals surface area (Å²) in [6.45, 7) is 4.64. The van der Waals surface area contributed by atoms with Gasteiger partial charge in [0.15, 0.2) is 0 Å². The van der Waals surface area contributed by atoms with Gasteiger partial charge < -0.3 is 20.1 Å². The van der Waals surface area contributed by atoms with E-state index < -0.39 is 0 Å². The van der Waals surface area contributed by atoms with Crippen molar-refractivity contribution < 1.29 is 14.3 Å². The summed E-state index contributed by atoms with van der Waals surface area (Å²) in [5.41, 5.74) is 1.98. The molecule has 3 rings (SSSR count). The molecule has 26 heavy (non-hydrogen) atoms. The van der Waals surface area contributed by atoms with Crippen molar-refractivity contribution in [1.82, 2.24) is 10.3 Å². The fourth-order valence-electron chi connectivity index (χ4n) is 2.58. The first-order valence-electron chi connectivity index (χ1n) is 8.19. The van der Waals surface area contributed by atoms with Crippen molar-refractivity contribution in [2.75, 3.05) is 31.6 Å². The van der Waals surface area contributed by atoms with Gasteiger partial charge in [0.2, 0.25) is 5.88 Å². The molecule has 1 aliphatic rings. The number of hydrogen-bond donors (Lipinski definition) is 2. The number of pyridine rings is 1. The van der Waals surface area contributed by atoms with Crippen LogP contribution in [0.3, 0.4) is 0 Å². The number of amides is 1. The van der Waals surface area contributed by atoms with Crippen molar-refractivity contribution in [2.24, 2.45) is 0 Å². The van der Waals surface area contributed by atoms with E-state index in [1.165, 1.54) is 6.20 Å². The van der Waals surface area contributed by atoms with Crippen LogP contribution in [0, 0.1) is 0 Å². The van der Waals surface area contributed by atoms with Gasteiger partial charge in [-0.1, -0.05) is 17.7 Å². The van der Waals surface area contributed by atoms with Crippen LogP contribution in [-0.4, -0.2) is 37.2 Å². The van der Waals surface area contributed by atoms with E-state index in [0.29, 0.717) is 35.4 Å². The van der Waals surface area contributed by atoms with Gasteiger partial charge in [-0.15, -0.1) is 12.4 Å². The van der Waals surface area contributed by atoms with Gasteiger partial charge in [0, 0.05) is 41.6 Å². The van der Waals surface area contributed by atoms with Crippen molar-refractivity contribution in [2.45, 2.75) is 13.0 Å². The first-order valence-corrected chi connectivity index (χ1v) is 8.57. The Kier molecular flexibility index (Phi) is 7.66. The van der Waals surface area contributed by atoms with Crippen molar-refractivity contribution in [3.05, 3.63) is 52.7 Å². The van der Waals surface area contributed by atoms with Gasteiger partial charge in [-0.3, -0.25) is 4.79 Å². The predicted octanol–water partition coefficient (Wildman–Crippen LogP) is 3.47. The lowest BCUT2D eigenvalue weighted by Crippen LogP contribution is -2.33. The minimum Gasteiger partial charge on any atom is -0.478 e. The standard InChI is InChI=1S/C18H20ClN3O3.ClH/c1-2-24-17-6-3-12(10-21-17)18(23)22-13-4-5-14(15(19)9-13)16-11-20-7-8-25-16;/h3-6,9-10,16,20H,2,7-8,11H2,1H3,(H,22,23);1H/t16-;/m0./s1.